The molecule has 0 saturated carbocycles. The average Bonchev–Trinajstić information content (AvgIpc) is 2.89. The minimum Gasteiger partial charge on any atom is -0.480 e. The summed E-state index contributed by atoms with van der Waals surface area (Å²) >= 11 is 0. The second kappa shape index (κ2) is 12.3. The maximum absolute atomic E-state index is 13.4. The van der Waals surface area contributed by atoms with Crippen molar-refractivity contribution >= 4 is 23.5 Å². The van der Waals surface area contributed by atoms with Crippen LogP contribution in [-0.2, 0) is 20.7 Å². The molecule has 2 N–H and O–H groups in total. The van der Waals surface area contributed by atoms with Gasteiger partial charge in [-0.05, 0) is 49.3 Å². The molecule has 2 saturated heterocycles. The lowest BCUT2D eigenvalue weighted by molar-refractivity contribution is -0.139. The van der Waals surface area contributed by atoms with Crippen molar-refractivity contribution in [3.8, 4) is 11.1 Å². The van der Waals surface area contributed by atoms with Crippen LogP contribution < -0.4 is 5.32 Å². The fourth-order valence-corrected chi connectivity index (χ4v) is 5.06. The van der Waals surface area contributed by atoms with E-state index in [0.29, 0.717) is 18.8 Å². The van der Waals surface area contributed by atoms with Gasteiger partial charge < -0.3 is 20.1 Å². The lowest BCUT2D eigenvalue weighted by Gasteiger charge is -2.36. The standard InChI is InChI=1S/C28H36N4O5/c1-3-20-5-4-6-21(15-20)22-16-25(30-19(2)33)27(29-17-22)28(36)32-13-9-24(10-14-32)37-23-7-11-31(12-8-23)18-26(34)35/h4-6,15-17,23-24H,3,7-14,18H2,1-2H3,(H,30,33)(H,34,35). The van der Waals surface area contributed by atoms with Gasteiger partial charge in [-0.1, -0.05) is 31.2 Å². The van der Waals surface area contributed by atoms with Crippen molar-refractivity contribution in [2.24, 2.45) is 0 Å². The van der Waals surface area contributed by atoms with E-state index < -0.39 is 5.97 Å². The van der Waals surface area contributed by atoms with Crippen LogP contribution in [0.25, 0.3) is 11.1 Å². The van der Waals surface area contributed by atoms with Gasteiger partial charge in [0.15, 0.2) is 5.69 Å². The number of carbonyl (C=O) groups excluding carboxylic acids is 2. The van der Waals surface area contributed by atoms with Crippen molar-refractivity contribution in [1.29, 1.82) is 0 Å². The number of aryl methyl sites for hydroxylation is 1. The maximum Gasteiger partial charge on any atom is 0.317 e. The number of piperidine rings is 2. The molecule has 0 unspecified atom stereocenters. The van der Waals surface area contributed by atoms with Crippen LogP contribution in [0.1, 0.15) is 55.6 Å². The summed E-state index contributed by atoms with van der Waals surface area (Å²) in [5.41, 5.74) is 3.70. The van der Waals surface area contributed by atoms with Crippen LogP contribution in [0, 0.1) is 0 Å². The third kappa shape index (κ3) is 7.14. The number of carbonyl (C=O) groups is 3. The number of carboxylic acid groups (broad SMARTS) is 1. The van der Waals surface area contributed by atoms with Crippen LogP contribution in [-0.4, -0.2) is 82.6 Å². The molecule has 9 nitrogen and oxygen atoms in total. The minimum absolute atomic E-state index is 0.0772. The molecule has 0 bridgehead atoms. The van der Waals surface area contributed by atoms with Gasteiger partial charge in [-0.25, -0.2) is 4.98 Å². The molecule has 0 atom stereocenters. The third-order valence-corrected chi connectivity index (χ3v) is 7.08. The number of rotatable bonds is 8. The molecule has 9 heteroatoms. The zero-order valence-corrected chi connectivity index (χ0v) is 21.6. The summed E-state index contributed by atoms with van der Waals surface area (Å²) in [6.07, 6.45) is 5.94. The zero-order chi connectivity index (χ0) is 26.4. The first-order valence-corrected chi connectivity index (χ1v) is 13.1. The number of aliphatic carboxylic acids is 1. The highest BCUT2D eigenvalue weighted by Gasteiger charge is 2.29. The van der Waals surface area contributed by atoms with Crippen LogP contribution >= 0.6 is 0 Å². The molecule has 2 amide bonds. The van der Waals surface area contributed by atoms with Crippen molar-refractivity contribution in [1.82, 2.24) is 14.8 Å². The fraction of sp³-hybridized carbons (Fsp3) is 0.500. The average molecular weight is 509 g/mol. The summed E-state index contributed by atoms with van der Waals surface area (Å²) in [6, 6.07) is 9.98. The molecule has 2 fully saturated rings. The number of carboxylic acids is 1. The zero-order valence-electron chi connectivity index (χ0n) is 21.6. The predicted molar refractivity (Wildman–Crippen MR) is 140 cm³/mol. The Hall–Kier alpha value is -3.30. The van der Waals surface area contributed by atoms with Gasteiger partial charge in [-0.2, -0.15) is 0 Å². The summed E-state index contributed by atoms with van der Waals surface area (Å²) < 4.78 is 6.29. The number of pyridine rings is 1. The van der Waals surface area contributed by atoms with E-state index in [0.717, 1.165) is 56.3 Å². The van der Waals surface area contributed by atoms with Gasteiger partial charge in [0.25, 0.3) is 5.91 Å². The number of aromatic nitrogens is 1. The molecular weight excluding hydrogens is 472 g/mol. The van der Waals surface area contributed by atoms with Crippen molar-refractivity contribution in [2.75, 3.05) is 38.0 Å². The number of hydrogen-bond donors (Lipinski definition) is 2. The summed E-state index contributed by atoms with van der Waals surface area (Å²) in [7, 11) is 0. The van der Waals surface area contributed by atoms with E-state index in [1.807, 2.05) is 23.1 Å². The number of ether oxygens (including phenoxy) is 1. The van der Waals surface area contributed by atoms with Gasteiger partial charge in [0.2, 0.25) is 5.91 Å². The predicted octanol–water partition coefficient (Wildman–Crippen LogP) is 3.44. The highest BCUT2D eigenvalue weighted by molar-refractivity contribution is 6.02. The summed E-state index contributed by atoms with van der Waals surface area (Å²) in [6.45, 7) is 6.17. The van der Waals surface area contributed by atoms with Gasteiger partial charge in [0.05, 0.1) is 24.4 Å². The van der Waals surface area contributed by atoms with Gasteiger partial charge >= 0.3 is 5.97 Å². The Morgan fingerprint density at radius 1 is 1.03 bits per heavy atom. The van der Waals surface area contributed by atoms with Gasteiger partial charge in [-0.15, -0.1) is 0 Å². The molecule has 2 aliphatic rings. The second-order valence-electron chi connectivity index (χ2n) is 9.85. The molecule has 0 spiro atoms. The molecule has 198 valence electrons. The number of likely N-dealkylation sites (tertiary alicyclic amines) is 2. The SMILES string of the molecule is CCc1cccc(-c2cnc(C(=O)N3CCC(OC4CCN(CC(=O)O)CC4)CC3)c(NC(C)=O)c2)c1. The highest BCUT2D eigenvalue weighted by Crippen LogP contribution is 2.27. The molecule has 1 aromatic carbocycles. The summed E-state index contributed by atoms with van der Waals surface area (Å²) in [4.78, 5) is 44.4. The summed E-state index contributed by atoms with van der Waals surface area (Å²) in [5, 5.41) is 11.8. The van der Waals surface area contributed by atoms with E-state index in [1.54, 1.807) is 11.1 Å². The highest BCUT2D eigenvalue weighted by atomic mass is 16.5. The lowest BCUT2D eigenvalue weighted by atomic mass is 10.0. The largest absolute Gasteiger partial charge is 0.480 e. The minimum atomic E-state index is -0.798. The normalized spacial score (nSPS) is 17.5. The van der Waals surface area contributed by atoms with E-state index in [-0.39, 0.29) is 36.3 Å². The van der Waals surface area contributed by atoms with Gasteiger partial charge in [-0.3, -0.25) is 19.3 Å². The number of nitrogens with zero attached hydrogens (tertiary/aromatic N) is 3. The lowest BCUT2D eigenvalue weighted by Crippen LogP contribution is -2.44. The Balaban J connectivity index is 1.37. The van der Waals surface area contributed by atoms with Crippen LogP contribution in [0.3, 0.4) is 0 Å². The number of hydrogen-bond acceptors (Lipinski definition) is 6. The third-order valence-electron chi connectivity index (χ3n) is 7.08. The Morgan fingerprint density at radius 2 is 1.70 bits per heavy atom. The monoisotopic (exact) mass is 508 g/mol. The van der Waals surface area contributed by atoms with Crippen LogP contribution in [0.4, 0.5) is 5.69 Å². The molecule has 4 rings (SSSR count). The first kappa shape index (κ1) is 26.8. The topological polar surface area (TPSA) is 112 Å². The quantitative estimate of drug-likeness (QED) is 0.562. The van der Waals surface area contributed by atoms with E-state index in [4.69, 9.17) is 9.84 Å². The molecular formula is C28H36N4O5. The first-order valence-electron chi connectivity index (χ1n) is 13.1. The number of nitrogens with one attached hydrogen (secondary N) is 1. The molecule has 0 aliphatic carbocycles. The van der Waals surface area contributed by atoms with Crippen LogP contribution in [0.5, 0.6) is 0 Å². The Kier molecular flexibility index (Phi) is 8.89. The first-order chi connectivity index (χ1) is 17.8. The van der Waals surface area contributed by atoms with Crippen molar-refractivity contribution in [3.63, 3.8) is 0 Å². The van der Waals surface area contributed by atoms with Crippen molar-refractivity contribution in [3.05, 3.63) is 47.8 Å². The number of anilines is 1. The molecule has 2 aliphatic heterocycles. The Morgan fingerprint density at radius 3 is 2.32 bits per heavy atom. The Bertz CT molecular complexity index is 1120. The van der Waals surface area contributed by atoms with Gasteiger partial charge in [0, 0.05) is 44.9 Å². The van der Waals surface area contributed by atoms with Gasteiger partial charge in [0.1, 0.15) is 0 Å². The second-order valence-corrected chi connectivity index (χ2v) is 9.85. The van der Waals surface area contributed by atoms with Crippen molar-refractivity contribution in [2.45, 2.75) is 58.2 Å². The van der Waals surface area contributed by atoms with Crippen LogP contribution in [0.15, 0.2) is 36.5 Å². The summed E-state index contributed by atoms with van der Waals surface area (Å²) in [5.74, 6) is -1.25. The Labute approximate surface area is 217 Å². The van der Waals surface area contributed by atoms with E-state index in [9.17, 15) is 14.4 Å². The molecule has 3 heterocycles. The maximum atomic E-state index is 13.4. The molecule has 0 radical (unpaired) electrons. The van der Waals surface area contributed by atoms with E-state index in [2.05, 4.69) is 29.4 Å². The van der Waals surface area contributed by atoms with E-state index in [1.165, 1.54) is 12.5 Å². The molecule has 37 heavy (non-hydrogen) atoms. The fourth-order valence-electron chi connectivity index (χ4n) is 5.06. The number of amides is 2. The van der Waals surface area contributed by atoms with E-state index >= 15 is 0 Å². The number of benzene rings is 1. The smallest absolute Gasteiger partial charge is 0.317 e. The van der Waals surface area contributed by atoms with Crippen molar-refractivity contribution < 1.29 is 24.2 Å². The van der Waals surface area contributed by atoms with Crippen LogP contribution in [0.2, 0.25) is 0 Å². The molecule has 1 aromatic heterocycles. The molecule has 2 aromatic rings.